The topological polar surface area (TPSA) is 32.3 Å². The van der Waals surface area contributed by atoms with Crippen LogP contribution in [0.4, 0.5) is 0 Å². The monoisotopic (exact) mass is 318 g/mol. The van der Waals surface area contributed by atoms with E-state index in [1.165, 1.54) is 32.1 Å². The quantitative estimate of drug-likeness (QED) is 0.923. The molecule has 2 saturated heterocycles. The summed E-state index contributed by atoms with van der Waals surface area (Å²) in [5.41, 5.74) is 0.708. The van der Waals surface area contributed by atoms with Crippen molar-refractivity contribution in [2.24, 2.45) is 0 Å². The highest BCUT2D eigenvalue weighted by atomic mass is 35.5. The fourth-order valence-corrected chi connectivity index (χ4v) is 4.50. The number of rotatable bonds is 3. The Bertz CT molecular complexity index is 541. The van der Waals surface area contributed by atoms with E-state index in [-0.39, 0.29) is 5.91 Å². The van der Waals surface area contributed by atoms with E-state index in [0.29, 0.717) is 28.7 Å². The van der Waals surface area contributed by atoms with E-state index in [4.69, 9.17) is 11.6 Å². The summed E-state index contributed by atoms with van der Waals surface area (Å²) in [6.45, 7) is 0. The third-order valence-corrected chi connectivity index (χ3v) is 5.69. The Kier molecular flexibility index (Phi) is 3.87. The van der Waals surface area contributed by atoms with Gasteiger partial charge in [-0.1, -0.05) is 18.0 Å². The summed E-state index contributed by atoms with van der Waals surface area (Å²) >= 11 is 5.89. The number of benzene rings is 1. The second-order valence-electron chi connectivity index (χ2n) is 7.07. The molecule has 3 aliphatic rings. The Hall–Kier alpha value is -1.06. The lowest BCUT2D eigenvalue weighted by Gasteiger charge is -2.49. The van der Waals surface area contributed by atoms with Crippen LogP contribution in [0.5, 0.6) is 0 Å². The zero-order valence-corrected chi connectivity index (χ0v) is 13.6. The Morgan fingerprint density at radius 2 is 1.64 bits per heavy atom. The molecule has 2 heterocycles. The van der Waals surface area contributed by atoms with Crippen molar-refractivity contribution in [2.45, 2.75) is 69.1 Å². The van der Waals surface area contributed by atoms with Gasteiger partial charge in [-0.3, -0.25) is 9.69 Å². The fraction of sp³-hybridized carbons (Fsp3) is 0.611. The Morgan fingerprint density at radius 3 is 2.23 bits per heavy atom. The maximum absolute atomic E-state index is 12.4. The van der Waals surface area contributed by atoms with E-state index in [2.05, 4.69) is 10.2 Å². The van der Waals surface area contributed by atoms with Crippen LogP contribution >= 0.6 is 11.6 Å². The van der Waals surface area contributed by atoms with Gasteiger partial charge in [0.05, 0.1) is 0 Å². The molecule has 1 N–H and O–H groups in total. The first-order valence-corrected chi connectivity index (χ1v) is 8.92. The van der Waals surface area contributed by atoms with E-state index in [1.807, 2.05) is 0 Å². The summed E-state index contributed by atoms with van der Waals surface area (Å²) in [7, 11) is 0. The Labute approximate surface area is 137 Å². The van der Waals surface area contributed by atoms with Crippen LogP contribution in [0.3, 0.4) is 0 Å². The summed E-state index contributed by atoms with van der Waals surface area (Å²) in [4.78, 5) is 15.2. The molecule has 2 bridgehead atoms. The SMILES string of the molecule is O=C(NC1C[C@@H]2CCC[C@@H](C1)N2C1CC1)c1ccc(Cl)cc1. The molecule has 22 heavy (non-hydrogen) atoms. The van der Waals surface area contributed by atoms with E-state index < -0.39 is 0 Å². The molecule has 0 aromatic heterocycles. The van der Waals surface area contributed by atoms with Crippen molar-refractivity contribution in [2.75, 3.05) is 0 Å². The molecule has 1 aromatic rings. The molecule has 1 saturated carbocycles. The number of hydrogen-bond acceptors (Lipinski definition) is 2. The highest BCUT2D eigenvalue weighted by Gasteiger charge is 2.45. The number of carbonyl (C=O) groups is 1. The number of fused-ring (bicyclic) bond motifs is 2. The van der Waals surface area contributed by atoms with Crippen molar-refractivity contribution in [3.63, 3.8) is 0 Å². The largest absolute Gasteiger partial charge is 0.349 e. The van der Waals surface area contributed by atoms with Crippen LogP contribution in [0.25, 0.3) is 0 Å². The van der Waals surface area contributed by atoms with Crippen molar-refractivity contribution >= 4 is 17.5 Å². The maximum Gasteiger partial charge on any atom is 0.251 e. The van der Waals surface area contributed by atoms with Gasteiger partial charge < -0.3 is 5.32 Å². The summed E-state index contributed by atoms with van der Waals surface area (Å²) in [5.74, 6) is 0.0413. The summed E-state index contributed by atoms with van der Waals surface area (Å²) < 4.78 is 0. The smallest absolute Gasteiger partial charge is 0.251 e. The number of hydrogen-bond donors (Lipinski definition) is 1. The third-order valence-electron chi connectivity index (χ3n) is 5.44. The number of nitrogens with zero attached hydrogens (tertiary/aromatic N) is 1. The average Bonchev–Trinajstić information content (AvgIpc) is 3.31. The van der Waals surface area contributed by atoms with Gasteiger partial charge in [0.25, 0.3) is 5.91 Å². The lowest BCUT2D eigenvalue weighted by atomic mass is 9.81. The van der Waals surface area contributed by atoms with E-state index in [1.54, 1.807) is 24.3 Å². The molecule has 1 aliphatic carbocycles. The van der Waals surface area contributed by atoms with Gasteiger partial charge >= 0.3 is 0 Å². The van der Waals surface area contributed by atoms with E-state index in [9.17, 15) is 4.79 Å². The lowest BCUT2D eigenvalue weighted by Crippen LogP contribution is -2.57. The van der Waals surface area contributed by atoms with Gasteiger partial charge in [0.15, 0.2) is 0 Å². The lowest BCUT2D eigenvalue weighted by molar-refractivity contribution is 0.0175. The van der Waals surface area contributed by atoms with Crippen LogP contribution < -0.4 is 5.32 Å². The zero-order valence-electron chi connectivity index (χ0n) is 12.8. The molecular weight excluding hydrogens is 296 g/mol. The number of halogens is 1. The van der Waals surface area contributed by atoms with Gasteiger partial charge in [-0.2, -0.15) is 0 Å². The number of nitrogens with one attached hydrogen (secondary N) is 1. The van der Waals surface area contributed by atoms with Crippen LogP contribution in [0, 0.1) is 0 Å². The molecule has 4 rings (SSSR count). The molecule has 1 aromatic carbocycles. The second-order valence-corrected chi connectivity index (χ2v) is 7.50. The standard InChI is InChI=1S/C18H23ClN2O/c19-13-6-4-12(5-7-13)18(22)20-14-10-16-2-1-3-17(11-14)21(16)15-8-9-15/h4-7,14-17H,1-3,8-11H2,(H,20,22)/t16-,17-/m0/s1. The Balaban J connectivity index is 1.41. The normalized spacial score (nSPS) is 31.8. The number of piperidine rings is 2. The summed E-state index contributed by atoms with van der Waals surface area (Å²) in [6.07, 6.45) is 8.97. The van der Waals surface area contributed by atoms with Gasteiger partial charge in [0, 0.05) is 34.8 Å². The van der Waals surface area contributed by atoms with Crippen LogP contribution in [-0.4, -0.2) is 35.0 Å². The van der Waals surface area contributed by atoms with Gasteiger partial charge in [-0.15, -0.1) is 0 Å². The highest BCUT2D eigenvalue weighted by Crippen LogP contribution is 2.41. The second kappa shape index (κ2) is 5.86. The van der Waals surface area contributed by atoms with Gasteiger partial charge in [-0.05, 0) is 62.8 Å². The number of carbonyl (C=O) groups excluding carboxylic acids is 1. The van der Waals surface area contributed by atoms with Crippen LogP contribution in [0.1, 0.15) is 55.3 Å². The Morgan fingerprint density at radius 1 is 1.00 bits per heavy atom. The predicted molar refractivity (Wildman–Crippen MR) is 88.2 cm³/mol. The third kappa shape index (κ3) is 2.89. The van der Waals surface area contributed by atoms with Crippen LogP contribution in [-0.2, 0) is 0 Å². The van der Waals surface area contributed by atoms with Crippen LogP contribution in [0.15, 0.2) is 24.3 Å². The van der Waals surface area contributed by atoms with Crippen molar-refractivity contribution in [1.29, 1.82) is 0 Å². The molecule has 4 heteroatoms. The molecule has 2 aliphatic heterocycles. The first-order chi connectivity index (χ1) is 10.7. The minimum Gasteiger partial charge on any atom is -0.349 e. The van der Waals surface area contributed by atoms with E-state index in [0.717, 1.165) is 18.9 Å². The van der Waals surface area contributed by atoms with E-state index >= 15 is 0 Å². The molecule has 0 spiro atoms. The fourth-order valence-electron chi connectivity index (χ4n) is 4.37. The average molecular weight is 319 g/mol. The zero-order chi connectivity index (χ0) is 15.1. The molecule has 2 atom stereocenters. The van der Waals surface area contributed by atoms with Crippen molar-refractivity contribution in [3.8, 4) is 0 Å². The van der Waals surface area contributed by atoms with Crippen molar-refractivity contribution in [3.05, 3.63) is 34.9 Å². The molecule has 3 fully saturated rings. The molecule has 0 radical (unpaired) electrons. The highest BCUT2D eigenvalue weighted by molar-refractivity contribution is 6.30. The van der Waals surface area contributed by atoms with Gasteiger partial charge in [0.2, 0.25) is 0 Å². The summed E-state index contributed by atoms with van der Waals surface area (Å²) in [6, 6.07) is 9.72. The minimum atomic E-state index is 0.0413. The first-order valence-electron chi connectivity index (χ1n) is 8.54. The van der Waals surface area contributed by atoms with Crippen molar-refractivity contribution in [1.82, 2.24) is 10.2 Å². The summed E-state index contributed by atoms with van der Waals surface area (Å²) in [5, 5.41) is 3.92. The first kappa shape index (κ1) is 14.5. The molecular formula is C18H23ClN2O. The van der Waals surface area contributed by atoms with Crippen molar-refractivity contribution < 1.29 is 4.79 Å². The predicted octanol–water partition coefficient (Wildman–Crippen LogP) is 3.62. The molecule has 3 nitrogen and oxygen atoms in total. The van der Waals surface area contributed by atoms with Gasteiger partial charge in [-0.25, -0.2) is 0 Å². The minimum absolute atomic E-state index is 0.0413. The van der Waals surface area contributed by atoms with Gasteiger partial charge in [0.1, 0.15) is 0 Å². The molecule has 1 amide bonds. The maximum atomic E-state index is 12.4. The number of amides is 1. The van der Waals surface area contributed by atoms with Crippen LogP contribution in [0.2, 0.25) is 5.02 Å². The molecule has 118 valence electrons. The molecule has 0 unspecified atom stereocenters.